The fourth-order valence-electron chi connectivity index (χ4n) is 2.81. The second-order valence-electron chi connectivity index (χ2n) is 4.83. The van der Waals surface area contributed by atoms with Crippen LogP contribution in [0, 0.1) is 11.3 Å². The van der Waals surface area contributed by atoms with Crippen molar-refractivity contribution in [1.29, 1.82) is 0 Å². The highest BCUT2D eigenvalue weighted by atomic mass is 16.2. The molecule has 0 radical (unpaired) electrons. The Balaban J connectivity index is 3.12. The number of nitrogens with one attached hydrogen (secondary N) is 2. The standard InChI is InChI=1S/C13H22N2O3/c1-4-7-8-13(9(5-2)6-3)10(16)14-12(18)15-11(13)17/h9H,4-8H2,1-3H3,(H2,14,15,16,17,18). The molecule has 1 heterocycles. The lowest BCUT2D eigenvalue weighted by Gasteiger charge is -2.39. The number of imide groups is 2. The van der Waals surface area contributed by atoms with Crippen molar-refractivity contribution in [2.45, 2.75) is 52.9 Å². The summed E-state index contributed by atoms with van der Waals surface area (Å²) in [5, 5.41) is 4.50. The molecule has 102 valence electrons. The number of hydrogen-bond acceptors (Lipinski definition) is 3. The molecule has 5 nitrogen and oxygen atoms in total. The number of carbonyl (C=O) groups is 3. The van der Waals surface area contributed by atoms with Gasteiger partial charge in [0, 0.05) is 0 Å². The van der Waals surface area contributed by atoms with Crippen LogP contribution in [0.15, 0.2) is 0 Å². The molecule has 0 atom stereocenters. The summed E-state index contributed by atoms with van der Waals surface area (Å²) in [5.41, 5.74) is -1.08. The molecular formula is C13H22N2O3. The third-order valence-corrected chi connectivity index (χ3v) is 3.87. The first kappa shape index (κ1) is 14.7. The Kier molecular flexibility index (Phi) is 4.87. The van der Waals surface area contributed by atoms with Crippen LogP contribution in [0.25, 0.3) is 0 Å². The number of urea groups is 1. The van der Waals surface area contributed by atoms with Gasteiger partial charge in [0.1, 0.15) is 5.41 Å². The Labute approximate surface area is 108 Å². The van der Waals surface area contributed by atoms with Crippen molar-refractivity contribution in [3.05, 3.63) is 0 Å². The molecule has 1 saturated heterocycles. The smallest absolute Gasteiger partial charge is 0.277 e. The van der Waals surface area contributed by atoms with E-state index in [1.165, 1.54) is 0 Å². The van der Waals surface area contributed by atoms with E-state index in [0.29, 0.717) is 6.42 Å². The van der Waals surface area contributed by atoms with Gasteiger partial charge in [0.2, 0.25) is 11.8 Å². The van der Waals surface area contributed by atoms with Crippen molar-refractivity contribution in [1.82, 2.24) is 10.6 Å². The van der Waals surface area contributed by atoms with Crippen molar-refractivity contribution in [2.75, 3.05) is 0 Å². The van der Waals surface area contributed by atoms with Gasteiger partial charge in [-0.15, -0.1) is 0 Å². The predicted molar refractivity (Wildman–Crippen MR) is 67.7 cm³/mol. The van der Waals surface area contributed by atoms with E-state index < -0.39 is 23.3 Å². The van der Waals surface area contributed by atoms with Crippen molar-refractivity contribution >= 4 is 17.8 Å². The highest BCUT2D eigenvalue weighted by molar-refractivity contribution is 6.19. The van der Waals surface area contributed by atoms with Gasteiger partial charge in [-0.05, 0) is 12.3 Å². The maximum Gasteiger partial charge on any atom is 0.328 e. The maximum atomic E-state index is 12.2. The van der Waals surface area contributed by atoms with Gasteiger partial charge in [-0.1, -0.05) is 46.5 Å². The molecule has 1 fully saturated rings. The van der Waals surface area contributed by atoms with E-state index in [-0.39, 0.29) is 5.92 Å². The summed E-state index contributed by atoms with van der Waals surface area (Å²) in [6.07, 6.45) is 3.70. The van der Waals surface area contributed by atoms with Crippen molar-refractivity contribution in [2.24, 2.45) is 11.3 Å². The molecule has 18 heavy (non-hydrogen) atoms. The lowest BCUT2D eigenvalue weighted by molar-refractivity contribution is -0.149. The number of unbranched alkanes of at least 4 members (excludes halogenated alkanes) is 1. The molecule has 0 aliphatic carbocycles. The summed E-state index contributed by atoms with van der Waals surface area (Å²) in [7, 11) is 0. The maximum absolute atomic E-state index is 12.2. The quantitative estimate of drug-likeness (QED) is 0.711. The molecule has 0 aromatic heterocycles. The van der Waals surface area contributed by atoms with Crippen LogP contribution in [0.2, 0.25) is 0 Å². The monoisotopic (exact) mass is 254 g/mol. The first-order valence-electron chi connectivity index (χ1n) is 6.69. The molecule has 0 aromatic carbocycles. The summed E-state index contributed by atoms with van der Waals surface area (Å²) >= 11 is 0. The molecule has 0 bridgehead atoms. The van der Waals surface area contributed by atoms with Gasteiger partial charge in [0.05, 0.1) is 0 Å². The number of barbiturate groups is 1. The molecule has 1 aliphatic heterocycles. The molecule has 5 heteroatoms. The van der Waals surface area contributed by atoms with Crippen molar-refractivity contribution in [3.63, 3.8) is 0 Å². The minimum Gasteiger partial charge on any atom is -0.277 e. The molecule has 0 spiro atoms. The summed E-state index contributed by atoms with van der Waals surface area (Å²) in [5.74, 6) is -0.894. The van der Waals surface area contributed by atoms with E-state index in [0.717, 1.165) is 25.7 Å². The molecular weight excluding hydrogens is 232 g/mol. The fourth-order valence-corrected chi connectivity index (χ4v) is 2.81. The SMILES string of the molecule is CCCCC1(C(CC)CC)C(=O)NC(=O)NC1=O. The zero-order chi connectivity index (χ0) is 13.8. The van der Waals surface area contributed by atoms with Crippen LogP contribution >= 0.6 is 0 Å². The first-order chi connectivity index (χ1) is 8.52. The largest absolute Gasteiger partial charge is 0.328 e. The highest BCUT2D eigenvalue weighted by Crippen LogP contribution is 2.39. The number of amides is 4. The van der Waals surface area contributed by atoms with Gasteiger partial charge in [0.25, 0.3) is 0 Å². The van der Waals surface area contributed by atoms with E-state index in [1.54, 1.807) is 0 Å². The average Bonchev–Trinajstić information content (AvgIpc) is 2.32. The van der Waals surface area contributed by atoms with Crippen molar-refractivity contribution in [3.8, 4) is 0 Å². The molecule has 1 rings (SSSR count). The zero-order valence-electron chi connectivity index (χ0n) is 11.3. The molecule has 0 saturated carbocycles. The van der Waals surface area contributed by atoms with Gasteiger partial charge in [-0.3, -0.25) is 20.2 Å². The van der Waals surface area contributed by atoms with Crippen LogP contribution in [0.5, 0.6) is 0 Å². The predicted octanol–water partition coefficient (Wildman–Crippen LogP) is 1.97. The Hall–Kier alpha value is -1.39. The average molecular weight is 254 g/mol. The normalized spacial score (nSPS) is 18.8. The minimum absolute atomic E-state index is 0.0304. The van der Waals surface area contributed by atoms with E-state index in [9.17, 15) is 14.4 Å². The Bertz CT molecular complexity index is 328. The highest BCUT2D eigenvalue weighted by Gasteiger charge is 2.53. The molecule has 0 aromatic rings. The fraction of sp³-hybridized carbons (Fsp3) is 0.769. The van der Waals surface area contributed by atoms with Gasteiger partial charge >= 0.3 is 6.03 Å². The lowest BCUT2D eigenvalue weighted by atomic mass is 9.67. The summed E-state index contributed by atoms with van der Waals surface area (Å²) in [6.45, 7) is 5.96. The third-order valence-electron chi connectivity index (χ3n) is 3.87. The number of hydrogen-bond donors (Lipinski definition) is 2. The van der Waals surface area contributed by atoms with Crippen molar-refractivity contribution < 1.29 is 14.4 Å². The minimum atomic E-state index is -1.08. The van der Waals surface area contributed by atoms with Gasteiger partial charge in [0.15, 0.2) is 0 Å². The summed E-state index contributed by atoms with van der Waals surface area (Å²) in [4.78, 5) is 35.6. The van der Waals surface area contributed by atoms with E-state index in [1.807, 2.05) is 20.8 Å². The summed E-state index contributed by atoms with van der Waals surface area (Å²) < 4.78 is 0. The Morgan fingerprint density at radius 2 is 1.50 bits per heavy atom. The second-order valence-corrected chi connectivity index (χ2v) is 4.83. The summed E-state index contributed by atoms with van der Waals surface area (Å²) in [6, 6.07) is -0.705. The second kappa shape index (κ2) is 5.98. The van der Waals surface area contributed by atoms with E-state index in [2.05, 4.69) is 10.6 Å². The Morgan fingerprint density at radius 3 is 1.89 bits per heavy atom. The van der Waals surface area contributed by atoms with Gasteiger partial charge in [-0.2, -0.15) is 0 Å². The lowest BCUT2D eigenvalue weighted by Crippen LogP contribution is -2.64. The molecule has 1 aliphatic rings. The first-order valence-corrected chi connectivity index (χ1v) is 6.69. The van der Waals surface area contributed by atoms with Crippen LogP contribution < -0.4 is 10.6 Å². The third kappa shape index (κ3) is 2.40. The number of rotatable bonds is 6. The zero-order valence-corrected chi connectivity index (χ0v) is 11.3. The van der Waals surface area contributed by atoms with Crippen LogP contribution in [0.1, 0.15) is 52.9 Å². The van der Waals surface area contributed by atoms with Crippen LogP contribution in [0.4, 0.5) is 4.79 Å². The van der Waals surface area contributed by atoms with Gasteiger partial charge in [-0.25, -0.2) is 4.79 Å². The van der Waals surface area contributed by atoms with E-state index >= 15 is 0 Å². The van der Waals surface area contributed by atoms with Crippen LogP contribution in [0.3, 0.4) is 0 Å². The van der Waals surface area contributed by atoms with Crippen LogP contribution in [-0.4, -0.2) is 17.8 Å². The van der Waals surface area contributed by atoms with Gasteiger partial charge < -0.3 is 0 Å². The number of carbonyl (C=O) groups excluding carboxylic acids is 3. The molecule has 0 unspecified atom stereocenters. The Morgan fingerprint density at radius 1 is 1.00 bits per heavy atom. The topological polar surface area (TPSA) is 75.3 Å². The van der Waals surface area contributed by atoms with E-state index in [4.69, 9.17) is 0 Å². The molecule has 2 N–H and O–H groups in total. The van der Waals surface area contributed by atoms with Crippen LogP contribution in [-0.2, 0) is 9.59 Å². The molecule has 4 amide bonds.